The predicted molar refractivity (Wildman–Crippen MR) is 87.8 cm³/mol. The minimum absolute atomic E-state index is 0.0321. The van der Waals surface area contributed by atoms with Crippen LogP contribution in [-0.4, -0.2) is 38.7 Å². The quantitative estimate of drug-likeness (QED) is 0.565. The molecule has 0 bridgehead atoms. The van der Waals surface area contributed by atoms with E-state index in [0.29, 0.717) is 18.5 Å². The van der Waals surface area contributed by atoms with E-state index in [-0.39, 0.29) is 11.5 Å². The lowest BCUT2D eigenvalue weighted by Gasteiger charge is -2.08. The van der Waals surface area contributed by atoms with Crippen molar-refractivity contribution in [2.45, 2.75) is 24.2 Å². The van der Waals surface area contributed by atoms with Crippen molar-refractivity contribution in [3.63, 3.8) is 0 Å². The molecule has 0 saturated carbocycles. The zero-order chi connectivity index (χ0) is 15.6. The summed E-state index contributed by atoms with van der Waals surface area (Å²) in [6.45, 7) is 0.400. The van der Waals surface area contributed by atoms with Crippen molar-refractivity contribution in [3.05, 3.63) is 29.8 Å². The molecule has 0 aliphatic rings. The second kappa shape index (κ2) is 9.85. The molecule has 0 spiro atoms. The Morgan fingerprint density at radius 3 is 2.76 bits per heavy atom. The van der Waals surface area contributed by atoms with E-state index >= 15 is 0 Å². The van der Waals surface area contributed by atoms with Gasteiger partial charge in [0, 0.05) is 18.5 Å². The van der Waals surface area contributed by atoms with Crippen LogP contribution in [0.5, 0.6) is 0 Å². The molecule has 2 N–H and O–H groups in total. The molecule has 1 aromatic rings. The van der Waals surface area contributed by atoms with Crippen molar-refractivity contribution in [2.75, 3.05) is 25.2 Å². The van der Waals surface area contributed by atoms with Crippen LogP contribution in [0.4, 0.5) is 0 Å². The zero-order valence-corrected chi connectivity index (χ0v) is 13.8. The van der Waals surface area contributed by atoms with Gasteiger partial charge in [-0.15, -0.1) is 0 Å². The van der Waals surface area contributed by atoms with E-state index in [1.807, 2.05) is 6.26 Å². The van der Waals surface area contributed by atoms with Gasteiger partial charge in [-0.1, -0.05) is 24.0 Å². The largest absolute Gasteiger partial charge is 0.395 e. The Labute approximate surface area is 131 Å². The number of rotatable bonds is 8. The molecule has 0 heterocycles. The Balaban J connectivity index is 2.76. The van der Waals surface area contributed by atoms with Gasteiger partial charge in [0.25, 0.3) is 0 Å². The summed E-state index contributed by atoms with van der Waals surface area (Å²) in [6, 6.07) is 6.65. The maximum atomic E-state index is 12.3. The molecule has 0 aromatic heterocycles. The Morgan fingerprint density at radius 1 is 1.29 bits per heavy atom. The fourth-order valence-electron chi connectivity index (χ4n) is 1.67. The second-order valence-corrected chi connectivity index (χ2v) is 7.09. The molecule has 116 valence electrons. The highest BCUT2D eigenvalue weighted by Gasteiger charge is 2.16. The number of aliphatic hydroxyl groups excluding tert-OH is 1. The van der Waals surface area contributed by atoms with E-state index in [1.54, 1.807) is 36.0 Å². The Bertz CT molecular complexity index is 588. The molecular formula is C15H21NO3S2. The zero-order valence-electron chi connectivity index (χ0n) is 12.1. The van der Waals surface area contributed by atoms with E-state index in [9.17, 15) is 8.42 Å². The summed E-state index contributed by atoms with van der Waals surface area (Å²) in [5, 5.41) is 8.73. The van der Waals surface area contributed by atoms with E-state index in [1.165, 1.54) is 0 Å². The first kappa shape index (κ1) is 18.1. The van der Waals surface area contributed by atoms with Gasteiger partial charge in [-0.25, -0.2) is 13.1 Å². The van der Waals surface area contributed by atoms with E-state index in [2.05, 4.69) is 16.6 Å². The highest BCUT2D eigenvalue weighted by Crippen LogP contribution is 2.14. The molecule has 21 heavy (non-hydrogen) atoms. The smallest absolute Gasteiger partial charge is 0.241 e. The first-order chi connectivity index (χ1) is 10.1. The maximum Gasteiger partial charge on any atom is 0.241 e. The number of aliphatic hydroxyl groups is 1. The predicted octanol–water partition coefficient (Wildman–Crippen LogP) is 1.84. The number of thioether (sulfide) groups is 1. The average molecular weight is 327 g/mol. The first-order valence-corrected chi connectivity index (χ1v) is 9.67. The lowest BCUT2D eigenvalue weighted by Crippen LogP contribution is -2.25. The number of benzene rings is 1. The lowest BCUT2D eigenvalue weighted by atomic mass is 10.2. The standard InChI is InChI=1S/C15H21NO3S2/c1-20-13-7-5-11-16-21(18,19)15-10-3-2-8-14(15)9-4-6-12-17/h2-3,8,10,16-17H,5-7,11-13H2,1H3. The van der Waals surface area contributed by atoms with Crippen molar-refractivity contribution in [2.24, 2.45) is 0 Å². The number of hydrogen-bond acceptors (Lipinski definition) is 4. The lowest BCUT2D eigenvalue weighted by molar-refractivity contribution is 0.305. The van der Waals surface area contributed by atoms with Crippen LogP contribution in [0.25, 0.3) is 0 Å². The Morgan fingerprint density at radius 2 is 2.05 bits per heavy atom. The molecule has 0 amide bonds. The molecule has 0 aliphatic heterocycles. The SMILES string of the molecule is CSCCCCNS(=O)(=O)c1ccccc1C#CCCO. The third kappa shape index (κ3) is 6.53. The Hall–Kier alpha value is -1.00. The van der Waals surface area contributed by atoms with E-state index in [0.717, 1.165) is 18.6 Å². The monoisotopic (exact) mass is 327 g/mol. The third-order valence-electron chi connectivity index (χ3n) is 2.70. The number of unbranched alkanes of at least 4 members (excludes halogenated alkanes) is 1. The van der Waals surface area contributed by atoms with Gasteiger partial charge in [0.2, 0.25) is 10.0 Å². The molecule has 0 saturated heterocycles. The van der Waals surface area contributed by atoms with Crippen LogP contribution in [0.3, 0.4) is 0 Å². The maximum absolute atomic E-state index is 12.3. The van der Waals surface area contributed by atoms with Crippen molar-refractivity contribution in [1.29, 1.82) is 0 Å². The van der Waals surface area contributed by atoms with Gasteiger partial charge in [0.1, 0.15) is 0 Å². The van der Waals surface area contributed by atoms with Crippen LogP contribution in [0.2, 0.25) is 0 Å². The Kier molecular flexibility index (Phi) is 8.47. The van der Waals surface area contributed by atoms with Crippen LogP contribution in [0, 0.1) is 11.8 Å². The molecule has 1 aromatic carbocycles. The van der Waals surface area contributed by atoms with Crippen LogP contribution >= 0.6 is 11.8 Å². The summed E-state index contributed by atoms with van der Waals surface area (Å²) in [4.78, 5) is 0.195. The molecule has 0 radical (unpaired) electrons. The number of sulfonamides is 1. The van der Waals surface area contributed by atoms with Gasteiger partial charge >= 0.3 is 0 Å². The normalized spacial score (nSPS) is 11.0. The molecular weight excluding hydrogens is 306 g/mol. The molecule has 0 fully saturated rings. The first-order valence-electron chi connectivity index (χ1n) is 6.79. The molecule has 0 aliphatic carbocycles. The topological polar surface area (TPSA) is 66.4 Å². The molecule has 6 heteroatoms. The summed E-state index contributed by atoms with van der Waals surface area (Å²) in [5.41, 5.74) is 0.461. The van der Waals surface area contributed by atoms with Crippen molar-refractivity contribution >= 4 is 21.8 Å². The average Bonchev–Trinajstić information content (AvgIpc) is 2.48. The van der Waals surface area contributed by atoms with Gasteiger partial charge in [0.15, 0.2) is 0 Å². The fraction of sp³-hybridized carbons (Fsp3) is 0.467. The highest BCUT2D eigenvalue weighted by molar-refractivity contribution is 7.98. The minimum atomic E-state index is -3.54. The van der Waals surface area contributed by atoms with E-state index < -0.39 is 10.0 Å². The number of hydrogen-bond donors (Lipinski definition) is 2. The van der Waals surface area contributed by atoms with Crippen LogP contribution in [0.1, 0.15) is 24.8 Å². The van der Waals surface area contributed by atoms with Crippen LogP contribution in [0.15, 0.2) is 29.2 Å². The van der Waals surface area contributed by atoms with Crippen LogP contribution < -0.4 is 4.72 Å². The summed E-state index contributed by atoms with van der Waals surface area (Å²) in [7, 11) is -3.54. The van der Waals surface area contributed by atoms with Gasteiger partial charge in [-0.05, 0) is 37.0 Å². The van der Waals surface area contributed by atoms with Gasteiger partial charge in [0.05, 0.1) is 11.5 Å². The molecule has 0 unspecified atom stereocenters. The number of nitrogens with one attached hydrogen (secondary N) is 1. The summed E-state index contributed by atoms with van der Waals surface area (Å²) >= 11 is 1.75. The molecule has 0 atom stereocenters. The summed E-state index contributed by atoms with van der Waals surface area (Å²) < 4.78 is 27.2. The molecule has 1 rings (SSSR count). The minimum Gasteiger partial charge on any atom is -0.395 e. The van der Waals surface area contributed by atoms with Crippen molar-refractivity contribution in [1.82, 2.24) is 4.72 Å². The van der Waals surface area contributed by atoms with Crippen LogP contribution in [-0.2, 0) is 10.0 Å². The van der Waals surface area contributed by atoms with Gasteiger partial charge < -0.3 is 5.11 Å². The fourth-order valence-corrected chi connectivity index (χ4v) is 3.40. The van der Waals surface area contributed by atoms with Gasteiger partial charge in [-0.2, -0.15) is 11.8 Å². The summed E-state index contributed by atoms with van der Waals surface area (Å²) in [6.07, 6.45) is 4.17. The second-order valence-electron chi connectivity index (χ2n) is 4.37. The third-order valence-corrected chi connectivity index (χ3v) is 4.92. The summed E-state index contributed by atoms with van der Waals surface area (Å²) in [5.74, 6) is 6.58. The van der Waals surface area contributed by atoms with E-state index in [4.69, 9.17) is 5.11 Å². The van der Waals surface area contributed by atoms with Crippen molar-refractivity contribution < 1.29 is 13.5 Å². The van der Waals surface area contributed by atoms with Gasteiger partial charge in [-0.3, -0.25) is 0 Å². The highest BCUT2D eigenvalue weighted by atomic mass is 32.2. The van der Waals surface area contributed by atoms with Crippen molar-refractivity contribution in [3.8, 4) is 11.8 Å². The molecule has 4 nitrogen and oxygen atoms in total.